The molecule has 0 saturated carbocycles. The second-order valence-electron chi connectivity index (χ2n) is 6.59. The van der Waals surface area contributed by atoms with Crippen molar-refractivity contribution >= 4 is 23.2 Å². The number of nitrogens with one attached hydrogen (secondary N) is 2. The molecule has 25 heavy (non-hydrogen) atoms. The lowest BCUT2D eigenvalue weighted by Crippen LogP contribution is -2.46. The minimum atomic E-state index is -0.404. The van der Waals surface area contributed by atoms with Crippen LogP contribution in [0.15, 0.2) is 35.3 Å². The smallest absolute Gasteiger partial charge is 0.260 e. The number of likely N-dealkylation sites (tertiary alicyclic amines) is 1. The number of carbonyl (C=O) groups is 1. The Hall–Kier alpha value is -2.27. The number of hydrogen-bond donors (Lipinski definition) is 2. The van der Waals surface area contributed by atoms with Gasteiger partial charge >= 0.3 is 0 Å². The van der Waals surface area contributed by atoms with Crippen LogP contribution in [0.3, 0.4) is 0 Å². The highest BCUT2D eigenvalue weighted by Crippen LogP contribution is 2.20. The van der Waals surface area contributed by atoms with E-state index in [1.165, 1.54) is 23.4 Å². The van der Waals surface area contributed by atoms with E-state index in [9.17, 15) is 9.59 Å². The Kier molecular flexibility index (Phi) is 5.13. The minimum absolute atomic E-state index is 0.0966. The molecule has 1 atom stereocenters. The number of aryl methyl sites for hydroxylation is 2. The van der Waals surface area contributed by atoms with Crippen molar-refractivity contribution in [3.63, 3.8) is 0 Å². The van der Waals surface area contributed by atoms with Crippen LogP contribution in [0.1, 0.15) is 34.3 Å². The number of carbonyl (C=O) groups excluding carboxylic acids is 1. The highest BCUT2D eigenvalue weighted by Gasteiger charge is 2.26. The third kappa shape index (κ3) is 4.04. The van der Waals surface area contributed by atoms with E-state index in [4.69, 9.17) is 11.6 Å². The molecule has 3 rings (SSSR count). The maximum atomic E-state index is 12.7. The Morgan fingerprint density at radius 3 is 2.84 bits per heavy atom. The number of halogens is 1. The summed E-state index contributed by atoms with van der Waals surface area (Å²) >= 11 is 5.91. The second kappa shape index (κ2) is 7.31. The highest BCUT2D eigenvalue weighted by atomic mass is 35.5. The lowest BCUT2D eigenvalue weighted by Gasteiger charge is -2.33. The van der Waals surface area contributed by atoms with Crippen LogP contribution in [0.2, 0.25) is 5.02 Å². The molecule has 1 amide bonds. The average molecular weight is 360 g/mol. The molecule has 1 aliphatic rings. The van der Waals surface area contributed by atoms with E-state index in [1.807, 2.05) is 0 Å². The normalized spacial score (nSPS) is 17.4. The molecule has 0 radical (unpaired) electrons. The molecular formula is C19H22ClN3O2. The molecule has 1 fully saturated rings. The quantitative estimate of drug-likeness (QED) is 0.883. The Morgan fingerprint density at radius 2 is 2.08 bits per heavy atom. The number of hydrogen-bond acceptors (Lipinski definition) is 3. The van der Waals surface area contributed by atoms with E-state index in [0.717, 1.165) is 18.5 Å². The van der Waals surface area contributed by atoms with Crippen molar-refractivity contribution in [3.05, 3.63) is 62.5 Å². The summed E-state index contributed by atoms with van der Waals surface area (Å²) in [5.41, 5.74) is 3.24. The Morgan fingerprint density at radius 1 is 1.28 bits per heavy atom. The van der Waals surface area contributed by atoms with Crippen LogP contribution in [-0.4, -0.2) is 34.9 Å². The number of nitrogens with zero attached hydrogens (tertiary/aromatic N) is 1. The number of piperidine rings is 1. The summed E-state index contributed by atoms with van der Waals surface area (Å²) in [6, 6.07) is 7.87. The first-order valence-electron chi connectivity index (χ1n) is 8.45. The van der Waals surface area contributed by atoms with Crippen molar-refractivity contribution < 1.29 is 4.79 Å². The van der Waals surface area contributed by atoms with Gasteiger partial charge in [0.15, 0.2) is 0 Å². The van der Waals surface area contributed by atoms with Gasteiger partial charge in [-0.25, -0.2) is 0 Å². The summed E-state index contributed by atoms with van der Waals surface area (Å²) in [7, 11) is 0. The van der Waals surface area contributed by atoms with Gasteiger partial charge in [-0.15, -0.1) is 0 Å². The zero-order valence-electron chi connectivity index (χ0n) is 14.4. The van der Waals surface area contributed by atoms with E-state index in [-0.39, 0.29) is 17.5 Å². The summed E-state index contributed by atoms with van der Waals surface area (Å²) in [4.78, 5) is 28.8. The fourth-order valence-electron chi connectivity index (χ4n) is 3.13. The van der Waals surface area contributed by atoms with Crippen LogP contribution in [0.25, 0.3) is 0 Å². The molecule has 1 saturated heterocycles. The van der Waals surface area contributed by atoms with Crippen LogP contribution in [0, 0.1) is 13.8 Å². The van der Waals surface area contributed by atoms with Crippen molar-refractivity contribution in [3.8, 4) is 0 Å². The number of rotatable bonds is 3. The van der Waals surface area contributed by atoms with Crippen molar-refractivity contribution in [1.82, 2.24) is 9.88 Å². The van der Waals surface area contributed by atoms with Crippen LogP contribution in [-0.2, 0) is 0 Å². The van der Waals surface area contributed by atoms with Gasteiger partial charge in [0.1, 0.15) is 5.56 Å². The second-order valence-corrected chi connectivity index (χ2v) is 7.03. The number of benzene rings is 1. The van der Waals surface area contributed by atoms with Crippen LogP contribution in [0.4, 0.5) is 5.69 Å². The molecule has 2 heterocycles. The number of anilines is 1. The third-order valence-electron chi connectivity index (χ3n) is 4.68. The lowest BCUT2D eigenvalue weighted by atomic mass is 10.0. The first kappa shape index (κ1) is 17.5. The summed E-state index contributed by atoms with van der Waals surface area (Å²) in [5.74, 6) is -0.268. The van der Waals surface area contributed by atoms with Gasteiger partial charge in [-0.05, 0) is 56.0 Å². The van der Waals surface area contributed by atoms with Crippen molar-refractivity contribution in [2.45, 2.75) is 32.7 Å². The summed E-state index contributed by atoms with van der Waals surface area (Å²) < 4.78 is 0. The number of pyridine rings is 1. The lowest BCUT2D eigenvalue weighted by molar-refractivity contribution is 0.0713. The summed E-state index contributed by atoms with van der Waals surface area (Å²) in [5, 5.41) is 3.86. The van der Waals surface area contributed by atoms with Crippen LogP contribution >= 0.6 is 11.6 Å². The number of amides is 1. The Bertz CT molecular complexity index is 847. The molecule has 2 aromatic rings. The zero-order valence-corrected chi connectivity index (χ0v) is 15.2. The SMILES string of the molecule is Cc1ccc(N[C@H]2CCCN(C(=O)c3cc(Cl)c[nH]c3=O)C2)cc1C. The van der Waals surface area contributed by atoms with Crippen molar-refractivity contribution in [1.29, 1.82) is 0 Å². The predicted octanol–water partition coefficient (Wildman–Crippen LogP) is 3.36. The van der Waals surface area contributed by atoms with Gasteiger partial charge in [0.25, 0.3) is 11.5 Å². The first-order valence-corrected chi connectivity index (χ1v) is 8.83. The summed E-state index contributed by atoms with van der Waals surface area (Å²) in [6.07, 6.45) is 3.27. The molecule has 0 aliphatic carbocycles. The molecule has 5 nitrogen and oxygen atoms in total. The van der Waals surface area contributed by atoms with Crippen LogP contribution < -0.4 is 10.9 Å². The average Bonchev–Trinajstić information content (AvgIpc) is 2.60. The van der Waals surface area contributed by atoms with Gasteiger partial charge in [-0.2, -0.15) is 0 Å². The highest BCUT2D eigenvalue weighted by molar-refractivity contribution is 6.30. The molecule has 1 aromatic heterocycles. The van der Waals surface area contributed by atoms with E-state index >= 15 is 0 Å². The number of aromatic nitrogens is 1. The monoisotopic (exact) mass is 359 g/mol. The van der Waals surface area contributed by atoms with E-state index in [2.05, 4.69) is 42.3 Å². The fraction of sp³-hybridized carbons (Fsp3) is 0.368. The standard InChI is InChI=1S/C19H22ClN3O2/c1-12-5-6-15(8-13(12)2)22-16-4-3-7-23(11-16)19(25)17-9-14(20)10-21-18(17)24/h5-6,8-10,16,22H,3-4,7,11H2,1-2H3,(H,21,24)/t16-/m0/s1. The third-order valence-corrected chi connectivity index (χ3v) is 4.90. The molecule has 2 N–H and O–H groups in total. The number of aromatic amines is 1. The van der Waals surface area contributed by atoms with Crippen molar-refractivity contribution in [2.24, 2.45) is 0 Å². The van der Waals surface area contributed by atoms with Crippen molar-refractivity contribution in [2.75, 3.05) is 18.4 Å². The number of H-pyrrole nitrogens is 1. The minimum Gasteiger partial charge on any atom is -0.381 e. The van der Waals surface area contributed by atoms with Crippen LogP contribution in [0.5, 0.6) is 0 Å². The van der Waals surface area contributed by atoms with E-state index in [0.29, 0.717) is 18.1 Å². The molecule has 1 aromatic carbocycles. The molecule has 6 heteroatoms. The summed E-state index contributed by atoms with van der Waals surface area (Å²) in [6.45, 7) is 5.39. The Balaban J connectivity index is 1.72. The Labute approximate surface area is 152 Å². The molecular weight excluding hydrogens is 338 g/mol. The van der Waals surface area contributed by atoms with Gasteiger partial charge < -0.3 is 15.2 Å². The predicted molar refractivity (Wildman–Crippen MR) is 101 cm³/mol. The topological polar surface area (TPSA) is 65.2 Å². The van der Waals surface area contributed by atoms with Gasteiger partial charge in [-0.3, -0.25) is 9.59 Å². The van der Waals surface area contributed by atoms with Gasteiger partial charge in [0, 0.05) is 31.0 Å². The molecule has 132 valence electrons. The maximum Gasteiger partial charge on any atom is 0.260 e. The molecule has 0 spiro atoms. The molecule has 0 bridgehead atoms. The fourth-order valence-corrected chi connectivity index (χ4v) is 3.30. The maximum absolute atomic E-state index is 12.7. The van der Waals surface area contributed by atoms with Gasteiger partial charge in [-0.1, -0.05) is 17.7 Å². The van der Waals surface area contributed by atoms with Gasteiger partial charge in [0.05, 0.1) is 5.02 Å². The largest absolute Gasteiger partial charge is 0.381 e. The molecule has 0 unspecified atom stereocenters. The first-order chi connectivity index (χ1) is 11.9. The van der Waals surface area contributed by atoms with E-state index in [1.54, 1.807) is 4.90 Å². The molecule has 1 aliphatic heterocycles. The van der Waals surface area contributed by atoms with E-state index < -0.39 is 5.56 Å². The zero-order chi connectivity index (χ0) is 18.0. The van der Waals surface area contributed by atoms with Gasteiger partial charge in [0.2, 0.25) is 0 Å².